The molecule has 4 rings (SSSR count). The number of ether oxygens (including phenoxy) is 1. The molecule has 0 aliphatic heterocycles. The van der Waals surface area contributed by atoms with Crippen molar-refractivity contribution in [3.05, 3.63) is 78.0 Å². The summed E-state index contributed by atoms with van der Waals surface area (Å²) < 4.78 is 38.5. The van der Waals surface area contributed by atoms with E-state index >= 15 is 0 Å². The van der Waals surface area contributed by atoms with Crippen molar-refractivity contribution in [1.82, 2.24) is 5.16 Å². The van der Waals surface area contributed by atoms with Crippen LogP contribution in [0.5, 0.6) is 0 Å². The van der Waals surface area contributed by atoms with Crippen LogP contribution in [0, 0.1) is 6.92 Å². The van der Waals surface area contributed by atoms with Gasteiger partial charge in [-0.1, -0.05) is 60.3 Å². The summed E-state index contributed by atoms with van der Waals surface area (Å²) in [5.41, 5.74) is 2.91. The summed E-state index contributed by atoms with van der Waals surface area (Å²) in [5, 5.41) is 14.0. The summed E-state index contributed by atoms with van der Waals surface area (Å²) in [6, 6.07) is 14.9. The number of aromatic nitrogens is 1. The lowest BCUT2D eigenvalue weighted by molar-refractivity contribution is -0.146. The molecule has 1 aliphatic carbocycles. The van der Waals surface area contributed by atoms with Crippen LogP contribution < -0.4 is 0 Å². The fraction of sp³-hybridized carbons (Fsp3) is 0.308. The smallest absolute Gasteiger partial charge is 0.316 e. The molecule has 1 heterocycles. The van der Waals surface area contributed by atoms with Gasteiger partial charge in [0.2, 0.25) is 0 Å². The van der Waals surface area contributed by atoms with Gasteiger partial charge < -0.3 is 14.4 Å². The van der Waals surface area contributed by atoms with Crippen molar-refractivity contribution in [2.24, 2.45) is 0 Å². The maximum absolute atomic E-state index is 14.0. The highest BCUT2D eigenvalue weighted by Crippen LogP contribution is 2.49. The van der Waals surface area contributed by atoms with Crippen LogP contribution in [0.3, 0.4) is 0 Å². The molecular formula is C26H25F2NO4. The summed E-state index contributed by atoms with van der Waals surface area (Å²) in [6.45, 7) is 6.76. The molecule has 0 amide bonds. The number of carbonyl (C=O) groups excluding carboxylic acids is 1. The van der Waals surface area contributed by atoms with Crippen LogP contribution in [-0.4, -0.2) is 28.8 Å². The number of halogens is 2. The Morgan fingerprint density at radius 2 is 1.73 bits per heavy atom. The van der Waals surface area contributed by atoms with Crippen LogP contribution in [0.15, 0.2) is 65.7 Å². The van der Waals surface area contributed by atoms with Gasteiger partial charge in [0.1, 0.15) is 0 Å². The van der Waals surface area contributed by atoms with Crippen molar-refractivity contribution in [2.45, 2.75) is 44.1 Å². The normalized spacial score (nSPS) is 15.7. The molecule has 3 aromatic rings. The minimum Gasteiger partial charge on any atom is -0.465 e. The fourth-order valence-corrected chi connectivity index (χ4v) is 4.01. The van der Waals surface area contributed by atoms with Crippen LogP contribution in [0.1, 0.15) is 42.7 Å². The number of aliphatic hydroxyl groups is 1. The molecular weight excluding hydrogens is 428 g/mol. The van der Waals surface area contributed by atoms with Crippen molar-refractivity contribution in [3.63, 3.8) is 0 Å². The molecule has 0 spiro atoms. The van der Waals surface area contributed by atoms with E-state index in [2.05, 4.69) is 11.7 Å². The van der Waals surface area contributed by atoms with Crippen LogP contribution in [-0.2, 0) is 14.9 Å². The highest BCUT2D eigenvalue weighted by atomic mass is 19.3. The monoisotopic (exact) mass is 453 g/mol. The van der Waals surface area contributed by atoms with Gasteiger partial charge in [-0.15, -0.1) is 0 Å². The largest absolute Gasteiger partial charge is 0.465 e. The van der Waals surface area contributed by atoms with Crippen LogP contribution >= 0.6 is 0 Å². The Morgan fingerprint density at radius 3 is 2.24 bits per heavy atom. The minimum atomic E-state index is -3.52. The number of hydrogen-bond donors (Lipinski definition) is 1. The van der Waals surface area contributed by atoms with Crippen molar-refractivity contribution in [3.8, 4) is 22.5 Å². The van der Waals surface area contributed by atoms with E-state index in [1.54, 1.807) is 19.1 Å². The third-order valence-electron chi connectivity index (χ3n) is 6.15. The first-order valence-corrected chi connectivity index (χ1v) is 10.8. The number of aryl methyl sites for hydroxylation is 1. The fourth-order valence-electron chi connectivity index (χ4n) is 4.01. The van der Waals surface area contributed by atoms with E-state index in [1.807, 2.05) is 36.4 Å². The second kappa shape index (κ2) is 8.56. The van der Waals surface area contributed by atoms with Crippen molar-refractivity contribution in [2.75, 3.05) is 6.61 Å². The number of carbonyl (C=O) groups is 1. The molecule has 1 N–H and O–H groups in total. The molecule has 1 aliphatic rings. The molecule has 7 heteroatoms. The Labute approximate surface area is 190 Å². The third kappa shape index (κ3) is 4.09. The van der Waals surface area contributed by atoms with Gasteiger partial charge in [-0.2, -0.15) is 8.78 Å². The van der Waals surface area contributed by atoms with E-state index in [1.165, 1.54) is 6.92 Å². The predicted molar refractivity (Wildman–Crippen MR) is 120 cm³/mol. The van der Waals surface area contributed by atoms with Crippen molar-refractivity contribution in [1.29, 1.82) is 0 Å². The summed E-state index contributed by atoms with van der Waals surface area (Å²) in [5.74, 6) is -3.60. The zero-order valence-corrected chi connectivity index (χ0v) is 18.5. The number of nitrogens with zero attached hydrogens (tertiary/aromatic N) is 1. The summed E-state index contributed by atoms with van der Waals surface area (Å²) in [7, 11) is 0. The zero-order valence-electron chi connectivity index (χ0n) is 18.5. The number of alkyl halides is 2. The predicted octanol–water partition coefficient (Wildman–Crippen LogP) is 5.77. The van der Waals surface area contributed by atoms with E-state index < -0.39 is 17.4 Å². The molecule has 1 fully saturated rings. The van der Waals surface area contributed by atoms with Gasteiger partial charge in [-0.3, -0.25) is 4.79 Å². The maximum Gasteiger partial charge on any atom is 0.316 e. The van der Waals surface area contributed by atoms with Gasteiger partial charge in [0.05, 0.1) is 23.3 Å². The first-order chi connectivity index (χ1) is 15.7. The van der Waals surface area contributed by atoms with Gasteiger partial charge in [0.25, 0.3) is 5.92 Å². The number of aliphatic hydroxyl groups excluding tert-OH is 1. The van der Waals surface area contributed by atoms with Gasteiger partial charge in [0.15, 0.2) is 11.9 Å². The molecule has 5 nitrogen and oxygen atoms in total. The Kier molecular flexibility index (Phi) is 5.93. The molecule has 0 saturated heterocycles. The third-order valence-corrected chi connectivity index (χ3v) is 6.15. The van der Waals surface area contributed by atoms with Crippen LogP contribution in [0.2, 0.25) is 0 Å². The number of rotatable bonds is 8. The van der Waals surface area contributed by atoms with E-state index in [-0.39, 0.29) is 23.0 Å². The molecule has 172 valence electrons. The minimum absolute atomic E-state index is 0.0642. The van der Waals surface area contributed by atoms with Gasteiger partial charge in [-0.25, -0.2) is 0 Å². The quantitative estimate of drug-likeness (QED) is 0.346. The highest BCUT2D eigenvalue weighted by Gasteiger charge is 2.52. The Bertz CT molecular complexity index is 1160. The lowest BCUT2D eigenvalue weighted by Gasteiger charge is -2.19. The summed E-state index contributed by atoms with van der Waals surface area (Å²) in [6.07, 6.45) is -0.128. The second-order valence-electron chi connectivity index (χ2n) is 8.25. The van der Waals surface area contributed by atoms with Crippen molar-refractivity contribution >= 4 is 5.97 Å². The van der Waals surface area contributed by atoms with E-state index in [4.69, 9.17) is 9.26 Å². The summed E-state index contributed by atoms with van der Waals surface area (Å²) >= 11 is 0. The maximum atomic E-state index is 14.0. The number of benzene rings is 2. The zero-order chi connectivity index (χ0) is 23.8. The lowest BCUT2D eigenvalue weighted by Crippen LogP contribution is -2.24. The lowest BCUT2D eigenvalue weighted by atomic mass is 9.93. The van der Waals surface area contributed by atoms with E-state index in [0.29, 0.717) is 18.2 Å². The van der Waals surface area contributed by atoms with Gasteiger partial charge >= 0.3 is 5.97 Å². The first-order valence-electron chi connectivity index (χ1n) is 10.8. The van der Waals surface area contributed by atoms with Gasteiger partial charge in [-0.05, 0) is 49.5 Å². The standard InChI is InChI=1S/C26H25F2NO4/c1-4-26(27,28)23(30)21-16(3)29-33-22(21)19-8-6-17(7-9-19)18-10-12-20(13-11-18)25(14-15-25)24(31)32-5-2/h4,6-13,23,30H,1,5,14-15H2,2-3H3. The molecule has 0 bridgehead atoms. The van der Waals surface area contributed by atoms with E-state index in [0.717, 1.165) is 29.5 Å². The van der Waals surface area contributed by atoms with Crippen molar-refractivity contribution < 1.29 is 27.9 Å². The Hall–Kier alpha value is -3.32. The Balaban J connectivity index is 1.58. The second-order valence-corrected chi connectivity index (χ2v) is 8.25. The summed E-state index contributed by atoms with van der Waals surface area (Å²) in [4.78, 5) is 12.3. The first kappa shape index (κ1) is 22.9. The average Bonchev–Trinajstić information content (AvgIpc) is 3.56. The van der Waals surface area contributed by atoms with E-state index in [9.17, 15) is 18.7 Å². The van der Waals surface area contributed by atoms with Crippen LogP contribution in [0.25, 0.3) is 22.5 Å². The van der Waals surface area contributed by atoms with Crippen LogP contribution in [0.4, 0.5) is 8.78 Å². The molecule has 2 aromatic carbocycles. The van der Waals surface area contributed by atoms with Gasteiger partial charge in [0, 0.05) is 5.56 Å². The molecule has 1 atom stereocenters. The molecule has 0 radical (unpaired) electrons. The average molecular weight is 453 g/mol. The highest BCUT2D eigenvalue weighted by molar-refractivity contribution is 5.87. The number of hydrogen-bond acceptors (Lipinski definition) is 5. The number of esters is 1. The molecule has 33 heavy (non-hydrogen) atoms. The topological polar surface area (TPSA) is 72.6 Å². The molecule has 1 unspecified atom stereocenters. The molecule has 1 saturated carbocycles. The molecule has 1 aromatic heterocycles. The SMILES string of the molecule is C=CC(F)(F)C(O)c1c(C)noc1-c1ccc(-c2ccc(C3(C(=O)OCC)CC3)cc2)cc1. The Morgan fingerprint density at radius 1 is 1.18 bits per heavy atom.